The lowest BCUT2D eigenvalue weighted by Gasteiger charge is -2.16. The van der Waals surface area contributed by atoms with Gasteiger partial charge in [0, 0.05) is 19.5 Å². The van der Waals surface area contributed by atoms with E-state index in [2.05, 4.69) is 17.6 Å². The maximum atomic E-state index is 11.4. The molecule has 0 bridgehead atoms. The Labute approximate surface area is 96.2 Å². The third-order valence-corrected chi connectivity index (χ3v) is 2.92. The quantitative estimate of drug-likeness (QED) is 0.458. The van der Waals surface area contributed by atoms with Crippen molar-refractivity contribution < 1.29 is 15.0 Å². The highest BCUT2D eigenvalue weighted by Crippen LogP contribution is 2.07. The molecule has 0 spiro atoms. The minimum Gasteiger partial charge on any atom is -0.389 e. The summed E-state index contributed by atoms with van der Waals surface area (Å²) in [5, 5.41) is 24.5. The maximum Gasteiger partial charge on any atom is 0.220 e. The molecule has 0 aromatic heterocycles. The van der Waals surface area contributed by atoms with E-state index in [0.717, 1.165) is 19.3 Å². The molecule has 4 N–H and O–H groups in total. The molecule has 94 valence electrons. The van der Waals surface area contributed by atoms with Crippen LogP contribution < -0.4 is 10.6 Å². The normalized spacial score (nSPS) is 29.3. The summed E-state index contributed by atoms with van der Waals surface area (Å²) >= 11 is 0. The Bertz CT molecular complexity index is 223. The molecule has 1 aliphatic heterocycles. The first-order valence-corrected chi connectivity index (χ1v) is 6.01. The summed E-state index contributed by atoms with van der Waals surface area (Å²) in [6, 6.07) is -0.231. The zero-order valence-electron chi connectivity index (χ0n) is 9.78. The number of unbranched alkanes of at least 4 members (excludes halogenated alkanes) is 2. The Kier molecular flexibility index (Phi) is 5.73. The highest BCUT2D eigenvalue weighted by molar-refractivity contribution is 5.75. The van der Waals surface area contributed by atoms with Crippen molar-refractivity contribution in [2.75, 3.05) is 13.1 Å². The van der Waals surface area contributed by atoms with Gasteiger partial charge in [0.1, 0.15) is 0 Å². The van der Waals surface area contributed by atoms with Crippen LogP contribution in [0.5, 0.6) is 0 Å². The van der Waals surface area contributed by atoms with Gasteiger partial charge in [-0.05, 0) is 6.42 Å². The molecule has 1 aliphatic rings. The molecular weight excluding hydrogens is 208 g/mol. The van der Waals surface area contributed by atoms with E-state index in [0.29, 0.717) is 19.5 Å². The monoisotopic (exact) mass is 230 g/mol. The molecule has 0 aliphatic carbocycles. The van der Waals surface area contributed by atoms with Crippen LogP contribution in [0, 0.1) is 0 Å². The lowest BCUT2D eigenvalue weighted by molar-refractivity contribution is -0.121. The molecule has 0 radical (unpaired) electrons. The molecule has 1 rings (SSSR count). The van der Waals surface area contributed by atoms with E-state index < -0.39 is 12.2 Å². The van der Waals surface area contributed by atoms with Crippen LogP contribution in [-0.4, -0.2) is 47.5 Å². The summed E-state index contributed by atoms with van der Waals surface area (Å²) in [6.07, 6.45) is 2.11. The Balaban J connectivity index is 2.12. The van der Waals surface area contributed by atoms with Crippen LogP contribution in [0.3, 0.4) is 0 Å². The van der Waals surface area contributed by atoms with Crippen LogP contribution in [0.2, 0.25) is 0 Å². The maximum absolute atomic E-state index is 11.4. The molecule has 5 nitrogen and oxygen atoms in total. The zero-order valence-corrected chi connectivity index (χ0v) is 9.78. The van der Waals surface area contributed by atoms with Gasteiger partial charge in [-0.15, -0.1) is 0 Å². The number of amides is 1. The molecule has 0 saturated carbocycles. The Morgan fingerprint density at radius 3 is 2.75 bits per heavy atom. The highest BCUT2D eigenvalue weighted by atomic mass is 16.3. The molecule has 1 amide bonds. The van der Waals surface area contributed by atoms with E-state index >= 15 is 0 Å². The average molecular weight is 230 g/mol. The molecular formula is C11H22N2O3. The third-order valence-electron chi connectivity index (χ3n) is 2.92. The number of aliphatic hydroxyl groups excluding tert-OH is 2. The number of hydrogen-bond donors (Lipinski definition) is 4. The van der Waals surface area contributed by atoms with Gasteiger partial charge in [-0.1, -0.05) is 19.8 Å². The molecule has 5 heteroatoms. The van der Waals surface area contributed by atoms with Crippen LogP contribution in [-0.2, 0) is 4.79 Å². The second-order valence-electron chi connectivity index (χ2n) is 4.33. The summed E-state index contributed by atoms with van der Waals surface area (Å²) in [7, 11) is 0. The fourth-order valence-corrected chi connectivity index (χ4v) is 1.82. The fraction of sp³-hybridized carbons (Fsp3) is 0.909. The van der Waals surface area contributed by atoms with Crippen molar-refractivity contribution in [1.29, 1.82) is 0 Å². The summed E-state index contributed by atoms with van der Waals surface area (Å²) < 4.78 is 0. The van der Waals surface area contributed by atoms with Gasteiger partial charge in [-0.2, -0.15) is 0 Å². The van der Waals surface area contributed by atoms with Gasteiger partial charge in [-0.3, -0.25) is 4.79 Å². The van der Waals surface area contributed by atoms with E-state index in [1.165, 1.54) is 0 Å². The number of nitrogens with one attached hydrogen (secondary N) is 2. The Hall–Kier alpha value is -0.650. The second kappa shape index (κ2) is 6.83. The summed E-state index contributed by atoms with van der Waals surface area (Å²) in [6.45, 7) is 2.86. The van der Waals surface area contributed by atoms with Crippen LogP contribution in [0.25, 0.3) is 0 Å². The van der Waals surface area contributed by atoms with Crippen LogP contribution in [0.4, 0.5) is 0 Å². The number of hydrogen-bond acceptors (Lipinski definition) is 4. The lowest BCUT2D eigenvalue weighted by atomic mass is 10.1. The summed E-state index contributed by atoms with van der Waals surface area (Å²) in [5.41, 5.74) is 0. The second-order valence-corrected chi connectivity index (χ2v) is 4.33. The molecule has 1 fully saturated rings. The number of β-amino-alcohol motifs (C(OH)–C–C–N with tert-alkyl or cyclic N) is 1. The number of carbonyl (C=O) groups excluding carboxylic acids is 1. The van der Waals surface area contributed by atoms with Crippen LogP contribution >= 0.6 is 0 Å². The molecule has 0 aromatic carbocycles. The van der Waals surface area contributed by atoms with Crippen LogP contribution in [0.1, 0.15) is 32.6 Å². The molecule has 1 heterocycles. The van der Waals surface area contributed by atoms with Gasteiger partial charge in [-0.25, -0.2) is 0 Å². The number of aliphatic hydroxyl groups is 2. The van der Waals surface area contributed by atoms with Crippen molar-refractivity contribution in [2.24, 2.45) is 0 Å². The van der Waals surface area contributed by atoms with E-state index in [4.69, 9.17) is 0 Å². The fourth-order valence-electron chi connectivity index (χ4n) is 1.82. The third kappa shape index (κ3) is 4.08. The Morgan fingerprint density at radius 1 is 1.44 bits per heavy atom. The topological polar surface area (TPSA) is 81.6 Å². The first-order chi connectivity index (χ1) is 7.65. The molecule has 0 aromatic rings. The van der Waals surface area contributed by atoms with Gasteiger partial charge in [0.2, 0.25) is 5.91 Å². The number of carbonyl (C=O) groups is 1. The van der Waals surface area contributed by atoms with Crippen molar-refractivity contribution in [3.05, 3.63) is 0 Å². The van der Waals surface area contributed by atoms with Crippen molar-refractivity contribution >= 4 is 5.91 Å². The van der Waals surface area contributed by atoms with Crippen molar-refractivity contribution in [2.45, 2.75) is 50.9 Å². The highest BCUT2D eigenvalue weighted by Gasteiger charge is 2.32. The van der Waals surface area contributed by atoms with Crippen molar-refractivity contribution in [3.8, 4) is 0 Å². The van der Waals surface area contributed by atoms with Gasteiger partial charge < -0.3 is 20.8 Å². The van der Waals surface area contributed by atoms with Gasteiger partial charge in [0.05, 0.1) is 18.2 Å². The molecule has 1 saturated heterocycles. The van der Waals surface area contributed by atoms with Gasteiger partial charge >= 0.3 is 0 Å². The van der Waals surface area contributed by atoms with Crippen LogP contribution in [0.15, 0.2) is 0 Å². The smallest absolute Gasteiger partial charge is 0.220 e. The SMILES string of the molecule is CCCCCC(=O)NC[C@H]1NC[C@H](O)[C@H]1O. The standard InChI is InChI=1S/C11H22N2O3/c1-2-3-4-5-10(15)13-6-8-11(16)9(14)7-12-8/h8-9,11-12,14,16H,2-7H2,1H3,(H,13,15)/t8-,9+,11+/m1/s1. The summed E-state index contributed by atoms with van der Waals surface area (Å²) in [4.78, 5) is 11.4. The van der Waals surface area contributed by atoms with E-state index in [-0.39, 0.29) is 11.9 Å². The predicted octanol–water partition coefficient (Wildman–Crippen LogP) is -0.623. The van der Waals surface area contributed by atoms with E-state index in [1.807, 2.05) is 0 Å². The van der Waals surface area contributed by atoms with E-state index in [9.17, 15) is 15.0 Å². The summed E-state index contributed by atoms with van der Waals surface area (Å²) in [5.74, 6) is 0.0174. The number of rotatable bonds is 6. The van der Waals surface area contributed by atoms with Gasteiger partial charge in [0.15, 0.2) is 0 Å². The van der Waals surface area contributed by atoms with Crippen molar-refractivity contribution in [1.82, 2.24) is 10.6 Å². The average Bonchev–Trinajstić information content (AvgIpc) is 2.58. The van der Waals surface area contributed by atoms with E-state index in [1.54, 1.807) is 0 Å². The zero-order chi connectivity index (χ0) is 12.0. The molecule has 0 unspecified atom stereocenters. The largest absolute Gasteiger partial charge is 0.389 e. The predicted molar refractivity (Wildman–Crippen MR) is 61.0 cm³/mol. The minimum absolute atomic E-state index is 0.0174. The first-order valence-electron chi connectivity index (χ1n) is 6.01. The first kappa shape index (κ1) is 13.4. The molecule has 3 atom stereocenters. The van der Waals surface area contributed by atoms with Crippen molar-refractivity contribution in [3.63, 3.8) is 0 Å². The Morgan fingerprint density at radius 2 is 2.19 bits per heavy atom. The van der Waals surface area contributed by atoms with Gasteiger partial charge in [0.25, 0.3) is 0 Å². The minimum atomic E-state index is -0.782. The lowest BCUT2D eigenvalue weighted by Crippen LogP contribution is -2.43. The molecule has 16 heavy (non-hydrogen) atoms.